The van der Waals surface area contributed by atoms with E-state index < -0.39 is 0 Å². The van der Waals surface area contributed by atoms with E-state index in [2.05, 4.69) is 106 Å². The minimum absolute atomic E-state index is 0.343. The Morgan fingerprint density at radius 2 is 1.17 bits per heavy atom. The minimum atomic E-state index is -0.352. The summed E-state index contributed by atoms with van der Waals surface area (Å²) < 4.78 is 12.5. The molecule has 0 spiro atoms. The highest BCUT2D eigenvalue weighted by Crippen LogP contribution is 2.38. The molecular formula is C25H28BNO2. The molecule has 3 aromatic rings. The average Bonchev–Trinajstić information content (AvgIpc) is 2.92. The molecule has 1 saturated heterocycles. The van der Waals surface area contributed by atoms with Crippen molar-refractivity contribution in [1.82, 2.24) is 0 Å². The van der Waals surface area contributed by atoms with Crippen LogP contribution in [0.2, 0.25) is 0 Å². The molecule has 0 saturated carbocycles. The Morgan fingerprint density at radius 1 is 0.690 bits per heavy atom. The van der Waals surface area contributed by atoms with Crippen LogP contribution < -0.4 is 10.4 Å². The van der Waals surface area contributed by atoms with Crippen molar-refractivity contribution in [2.75, 3.05) is 4.90 Å². The monoisotopic (exact) mass is 385 g/mol. The summed E-state index contributed by atoms with van der Waals surface area (Å²) in [6.45, 7) is 10.5. The Hall–Kier alpha value is -2.56. The Kier molecular flexibility index (Phi) is 5.01. The van der Waals surface area contributed by atoms with Crippen LogP contribution in [0.15, 0.2) is 78.9 Å². The Morgan fingerprint density at radius 3 is 1.62 bits per heavy atom. The molecule has 1 heterocycles. The summed E-state index contributed by atoms with van der Waals surface area (Å²) in [6, 6.07) is 27.3. The van der Waals surface area contributed by atoms with Crippen LogP contribution in [-0.4, -0.2) is 18.3 Å². The number of hydrogen-bond acceptors (Lipinski definition) is 3. The van der Waals surface area contributed by atoms with Crippen LogP contribution in [0.25, 0.3) is 0 Å². The molecule has 4 rings (SSSR count). The quantitative estimate of drug-likeness (QED) is 0.533. The molecule has 4 heteroatoms. The Balaban J connectivity index is 1.73. The zero-order valence-electron chi connectivity index (χ0n) is 17.8. The van der Waals surface area contributed by atoms with E-state index in [1.165, 1.54) is 5.56 Å². The van der Waals surface area contributed by atoms with E-state index in [4.69, 9.17) is 9.31 Å². The van der Waals surface area contributed by atoms with Gasteiger partial charge in [0, 0.05) is 17.1 Å². The predicted molar refractivity (Wildman–Crippen MR) is 122 cm³/mol. The van der Waals surface area contributed by atoms with E-state index in [9.17, 15) is 0 Å². The van der Waals surface area contributed by atoms with Crippen molar-refractivity contribution in [2.45, 2.75) is 45.8 Å². The van der Waals surface area contributed by atoms with E-state index in [0.717, 1.165) is 22.5 Å². The van der Waals surface area contributed by atoms with Crippen LogP contribution in [0.4, 0.5) is 17.1 Å². The number of rotatable bonds is 4. The topological polar surface area (TPSA) is 21.7 Å². The predicted octanol–water partition coefficient (Wildman–Crippen LogP) is 5.76. The fourth-order valence-electron chi connectivity index (χ4n) is 3.64. The molecule has 0 aliphatic carbocycles. The highest BCUT2D eigenvalue weighted by molar-refractivity contribution is 6.62. The van der Waals surface area contributed by atoms with Crippen LogP contribution in [0, 0.1) is 6.92 Å². The van der Waals surface area contributed by atoms with Gasteiger partial charge in [-0.3, -0.25) is 0 Å². The molecule has 148 valence electrons. The van der Waals surface area contributed by atoms with Gasteiger partial charge in [-0.2, -0.15) is 0 Å². The summed E-state index contributed by atoms with van der Waals surface area (Å²) >= 11 is 0. The normalized spacial score (nSPS) is 17.3. The summed E-state index contributed by atoms with van der Waals surface area (Å²) in [5.74, 6) is 0. The summed E-state index contributed by atoms with van der Waals surface area (Å²) in [7, 11) is -0.352. The average molecular weight is 385 g/mol. The molecule has 1 aliphatic rings. The molecule has 0 amide bonds. The van der Waals surface area contributed by atoms with Crippen LogP contribution in [-0.2, 0) is 9.31 Å². The lowest BCUT2D eigenvalue weighted by Crippen LogP contribution is -2.41. The zero-order valence-corrected chi connectivity index (χ0v) is 17.8. The minimum Gasteiger partial charge on any atom is -0.399 e. The molecule has 0 unspecified atom stereocenters. The number of hydrogen-bond donors (Lipinski definition) is 0. The molecule has 1 aliphatic heterocycles. The number of para-hydroxylation sites is 2. The van der Waals surface area contributed by atoms with Gasteiger partial charge in [-0.1, -0.05) is 48.5 Å². The van der Waals surface area contributed by atoms with Gasteiger partial charge in [0.25, 0.3) is 0 Å². The summed E-state index contributed by atoms with van der Waals surface area (Å²) in [5, 5.41) is 0. The summed E-state index contributed by atoms with van der Waals surface area (Å²) in [6.07, 6.45) is 0. The van der Waals surface area contributed by atoms with Crippen molar-refractivity contribution in [3.05, 3.63) is 84.4 Å². The van der Waals surface area contributed by atoms with Gasteiger partial charge in [-0.15, -0.1) is 0 Å². The Bertz CT molecular complexity index is 931. The van der Waals surface area contributed by atoms with E-state index in [-0.39, 0.29) is 18.3 Å². The molecule has 0 N–H and O–H groups in total. The lowest BCUT2D eigenvalue weighted by Gasteiger charge is -2.32. The smallest absolute Gasteiger partial charge is 0.399 e. The molecule has 3 aromatic carbocycles. The Labute approximate surface area is 174 Å². The molecular weight excluding hydrogens is 357 g/mol. The molecule has 0 radical (unpaired) electrons. The van der Waals surface area contributed by atoms with Gasteiger partial charge in [0.2, 0.25) is 0 Å². The first kappa shape index (κ1) is 19.7. The van der Waals surface area contributed by atoms with Gasteiger partial charge in [-0.25, -0.2) is 0 Å². The lowest BCUT2D eigenvalue weighted by molar-refractivity contribution is 0.00578. The van der Waals surface area contributed by atoms with Crippen molar-refractivity contribution in [3.63, 3.8) is 0 Å². The fraction of sp³-hybridized carbons (Fsp3) is 0.280. The zero-order chi connectivity index (χ0) is 20.6. The van der Waals surface area contributed by atoms with E-state index >= 15 is 0 Å². The maximum Gasteiger partial charge on any atom is 0.494 e. The first-order valence-electron chi connectivity index (χ1n) is 10.1. The molecule has 1 fully saturated rings. The SMILES string of the molecule is Cc1cc(B2OC(C)(C)C(C)(C)O2)ccc1N(c1ccccc1)c1ccccc1. The lowest BCUT2D eigenvalue weighted by atomic mass is 9.78. The third-order valence-corrected chi connectivity index (χ3v) is 6.02. The third-order valence-electron chi connectivity index (χ3n) is 6.02. The van der Waals surface area contributed by atoms with E-state index in [0.29, 0.717) is 0 Å². The number of nitrogens with zero attached hydrogens (tertiary/aromatic N) is 1. The number of aryl methyl sites for hydroxylation is 1. The number of anilines is 3. The maximum absolute atomic E-state index is 6.24. The van der Waals surface area contributed by atoms with E-state index in [1.807, 2.05) is 12.1 Å². The molecule has 0 atom stereocenters. The van der Waals surface area contributed by atoms with Crippen molar-refractivity contribution in [2.24, 2.45) is 0 Å². The van der Waals surface area contributed by atoms with Gasteiger partial charge in [-0.05, 0) is 76.0 Å². The van der Waals surface area contributed by atoms with Crippen LogP contribution in [0.5, 0.6) is 0 Å². The number of benzene rings is 3. The largest absolute Gasteiger partial charge is 0.494 e. The molecule has 0 aromatic heterocycles. The first-order chi connectivity index (χ1) is 13.8. The molecule has 3 nitrogen and oxygen atoms in total. The highest BCUT2D eigenvalue weighted by Gasteiger charge is 2.51. The highest BCUT2D eigenvalue weighted by atomic mass is 16.7. The van der Waals surface area contributed by atoms with Gasteiger partial charge in [0.05, 0.1) is 11.2 Å². The van der Waals surface area contributed by atoms with Crippen LogP contribution >= 0.6 is 0 Å². The van der Waals surface area contributed by atoms with Gasteiger partial charge in [0.1, 0.15) is 0 Å². The summed E-state index contributed by atoms with van der Waals surface area (Å²) in [5.41, 5.74) is 4.93. The van der Waals surface area contributed by atoms with Crippen molar-refractivity contribution in [1.29, 1.82) is 0 Å². The van der Waals surface area contributed by atoms with E-state index in [1.54, 1.807) is 0 Å². The third kappa shape index (κ3) is 3.70. The van der Waals surface area contributed by atoms with Gasteiger partial charge < -0.3 is 14.2 Å². The van der Waals surface area contributed by atoms with Crippen LogP contribution in [0.1, 0.15) is 33.3 Å². The first-order valence-corrected chi connectivity index (χ1v) is 10.1. The van der Waals surface area contributed by atoms with Gasteiger partial charge >= 0.3 is 7.12 Å². The molecule has 0 bridgehead atoms. The second-order valence-electron chi connectivity index (χ2n) is 8.64. The van der Waals surface area contributed by atoms with Crippen molar-refractivity contribution >= 4 is 29.6 Å². The standard InChI is InChI=1S/C25H28BNO2/c1-19-18-20(26-28-24(2,3)25(4,5)29-26)16-17-23(19)27(21-12-8-6-9-13-21)22-14-10-7-11-15-22/h6-18H,1-5H3. The fourth-order valence-corrected chi connectivity index (χ4v) is 3.64. The maximum atomic E-state index is 6.24. The van der Waals surface area contributed by atoms with Gasteiger partial charge in [0.15, 0.2) is 0 Å². The second kappa shape index (κ2) is 7.36. The van der Waals surface area contributed by atoms with Crippen molar-refractivity contribution < 1.29 is 9.31 Å². The second-order valence-corrected chi connectivity index (χ2v) is 8.64. The molecule has 29 heavy (non-hydrogen) atoms. The summed E-state index contributed by atoms with van der Waals surface area (Å²) in [4.78, 5) is 2.28. The van der Waals surface area contributed by atoms with Crippen molar-refractivity contribution in [3.8, 4) is 0 Å². The van der Waals surface area contributed by atoms with Crippen LogP contribution in [0.3, 0.4) is 0 Å².